The number of carbonyl (C=O) groups excluding carboxylic acids is 1. The van der Waals surface area contributed by atoms with E-state index in [9.17, 15) is 13.2 Å². The zero-order valence-electron chi connectivity index (χ0n) is 12.0. The van der Waals surface area contributed by atoms with E-state index in [1.54, 1.807) is 0 Å². The van der Waals surface area contributed by atoms with Gasteiger partial charge < -0.3 is 5.32 Å². The molecule has 0 radical (unpaired) electrons. The highest BCUT2D eigenvalue weighted by Crippen LogP contribution is 2.32. The van der Waals surface area contributed by atoms with Gasteiger partial charge in [0, 0.05) is 5.69 Å². The van der Waals surface area contributed by atoms with Crippen LogP contribution in [-0.2, 0) is 10.3 Å². The predicted octanol–water partition coefficient (Wildman–Crippen LogP) is 2.86. The van der Waals surface area contributed by atoms with E-state index in [4.69, 9.17) is 4.55 Å². The molecule has 1 rings (SSSR count). The molecule has 0 heterocycles. The van der Waals surface area contributed by atoms with Gasteiger partial charge in [0.05, 0.1) is 0 Å². The second kappa shape index (κ2) is 6.23. The number of carbonyl (C=O) groups is 1. The van der Waals surface area contributed by atoms with Gasteiger partial charge in [-0.2, -0.15) is 8.42 Å². The average Bonchev–Trinajstić information content (AvgIpc) is 2.25. The summed E-state index contributed by atoms with van der Waals surface area (Å²) in [6, 6.07) is 4.66. The molecule has 6 nitrogen and oxygen atoms in total. The first-order chi connectivity index (χ1) is 9.11. The zero-order valence-corrected chi connectivity index (χ0v) is 12.8. The van der Waals surface area contributed by atoms with E-state index in [1.807, 2.05) is 45.9 Å². The van der Waals surface area contributed by atoms with Gasteiger partial charge in [0.25, 0.3) is 0 Å². The van der Waals surface area contributed by atoms with Crippen LogP contribution in [0.2, 0.25) is 0 Å². The number of hydrogen-bond acceptors (Lipinski definition) is 3. The predicted molar refractivity (Wildman–Crippen MR) is 78.3 cm³/mol. The molecule has 0 aromatic heterocycles. The third-order valence-corrected chi connectivity index (χ3v) is 3.28. The Bertz CT molecular complexity index is 568. The maximum Gasteiger partial charge on any atom is 0.361 e. The van der Waals surface area contributed by atoms with Crippen molar-refractivity contribution in [1.29, 1.82) is 0 Å². The maximum absolute atomic E-state index is 11.6. The average molecular weight is 300 g/mol. The van der Waals surface area contributed by atoms with Gasteiger partial charge in [0.15, 0.2) is 0 Å². The van der Waals surface area contributed by atoms with Crippen LogP contribution < -0.4 is 10.0 Å². The largest absolute Gasteiger partial charge is 0.361 e. The van der Waals surface area contributed by atoms with Crippen molar-refractivity contribution in [1.82, 2.24) is 4.72 Å². The molecule has 0 aliphatic rings. The second-order valence-corrected chi connectivity index (χ2v) is 6.31. The Hall–Kier alpha value is -1.60. The molecule has 0 unspecified atom stereocenters. The third kappa shape index (κ3) is 4.50. The number of rotatable bonds is 4. The first kappa shape index (κ1) is 16.5. The van der Waals surface area contributed by atoms with Crippen molar-refractivity contribution < 1.29 is 17.8 Å². The summed E-state index contributed by atoms with van der Waals surface area (Å²) in [6.45, 7) is 7.91. The van der Waals surface area contributed by atoms with Crippen LogP contribution >= 0.6 is 0 Å². The van der Waals surface area contributed by atoms with Crippen LogP contribution in [0.25, 0.3) is 0 Å². The molecule has 0 fully saturated rings. The number of nitrogens with one attached hydrogen (secondary N) is 2. The Morgan fingerprint density at radius 3 is 1.90 bits per heavy atom. The molecule has 1 aromatic rings. The lowest BCUT2D eigenvalue weighted by molar-refractivity contribution is 0.255. The van der Waals surface area contributed by atoms with Gasteiger partial charge in [-0.25, -0.2) is 9.52 Å². The van der Waals surface area contributed by atoms with E-state index in [0.29, 0.717) is 5.69 Å². The van der Waals surface area contributed by atoms with Crippen molar-refractivity contribution >= 4 is 22.0 Å². The molecule has 1 aromatic carbocycles. The maximum atomic E-state index is 11.6. The van der Waals surface area contributed by atoms with Crippen molar-refractivity contribution in [3.8, 4) is 0 Å². The van der Waals surface area contributed by atoms with Crippen molar-refractivity contribution in [2.75, 3.05) is 5.32 Å². The highest BCUT2D eigenvalue weighted by atomic mass is 32.2. The van der Waals surface area contributed by atoms with Crippen LogP contribution in [-0.4, -0.2) is 19.0 Å². The van der Waals surface area contributed by atoms with Gasteiger partial charge in [-0.1, -0.05) is 45.9 Å². The first-order valence-corrected chi connectivity index (χ1v) is 7.74. The fraction of sp³-hybridized carbons (Fsp3) is 0.462. The zero-order chi connectivity index (χ0) is 15.5. The summed E-state index contributed by atoms with van der Waals surface area (Å²) in [5, 5.41) is 2.51. The first-order valence-electron chi connectivity index (χ1n) is 6.30. The van der Waals surface area contributed by atoms with Gasteiger partial charge in [-0.05, 0) is 23.0 Å². The van der Waals surface area contributed by atoms with Gasteiger partial charge in [0.2, 0.25) is 0 Å². The van der Waals surface area contributed by atoms with Gasteiger partial charge in [0.1, 0.15) is 0 Å². The van der Waals surface area contributed by atoms with E-state index in [-0.39, 0.29) is 11.8 Å². The minimum Gasteiger partial charge on any atom is -0.307 e. The lowest BCUT2D eigenvalue weighted by Crippen LogP contribution is -2.34. The quantitative estimate of drug-likeness (QED) is 0.745. The Labute approximate surface area is 119 Å². The number of anilines is 1. The molecule has 0 aliphatic heterocycles. The molecule has 112 valence electrons. The summed E-state index contributed by atoms with van der Waals surface area (Å²) >= 11 is 0. The fourth-order valence-corrected chi connectivity index (χ4v) is 2.24. The van der Waals surface area contributed by atoms with Crippen LogP contribution in [0, 0.1) is 0 Å². The Kier molecular flexibility index (Phi) is 5.13. The van der Waals surface area contributed by atoms with Gasteiger partial charge in [-0.15, -0.1) is 0 Å². The van der Waals surface area contributed by atoms with E-state index < -0.39 is 16.3 Å². The molecule has 7 heteroatoms. The summed E-state index contributed by atoms with van der Waals surface area (Å²) < 4.78 is 31.4. The molecule has 3 N–H and O–H groups in total. The second-order valence-electron chi connectivity index (χ2n) is 5.15. The monoisotopic (exact) mass is 300 g/mol. The van der Waals surface area contributed by atoms with Crippen molar-refractivity contribution in [2.45, 2.75) is 39.5 Å². The lowest BCUT2D eigenvalue weighted by atomic mass is 9.93. The number of amides is 2. The normalized spacial score (nSPS) is 11.8. The smallest absolute Gasteiger partial charge is 0.307 e. The van der Waals surface area contributed by atoms with E-state index in [2.05, 4.69) is 5.32 Å². The Morgan fingerprint density at radius 1 is 1.10 bits per heavy atom. The van der Waals surface area contributed by atoms with E-state index in [0.717, 1.165) is 11.1 Å². The molecule has 20 heavy (non-hydrogen) atoms. The molecular weight excluding hydrogens is 280 g/mol. The number of urea groups is 1. The SMILES string of the molecule is CC(C)c1cccc(C(C)C)c1NC(=O)NS(=O)(=O)O. The standard InChI is InChI=1S/C13H20N2O4S/c1-8(2)10-6-5-7-11(9(3)4)12(10)14-13(16)15-20(17,18)19/h5-9H,1-4H3,(H2,14,15,16)(H,17,18,19). The summed E-state index contributed by atoms with van der Waals surface area (Å²) in [4.78, 5) is 11.6. The van der Waals surface area contributed by atoms with Crippen molar-refractivity contribution in [3.05, 3.63) is 29.3 Å². The summed E-state index contributed by atoms with van der Waals surface area (Å²) in [6.07, 6.45) is 0. The Morgan fingerprint density at radius 2 is 1.55 bits per heavy atom. The molecule has 0 atom stereocenters. The fourth-order valence-electron chi connectivity index (χ4n) is 1.95. The number of benzene rings is 1. The minimum absolute atomic E-state index is 0.162. The molecule has 0 saturated carbocycles. The van der Waals surface area contributed by atoms with E-state index >= 15 is 0 Å². The van der Waals surface area contributed by atoms with E-state index in [1.165, 1.54) is 4.72 Å². The summed E-state index contributed by atoms with van der Waals surface area (Å²) in [5.74, 6) is 0.324. The molecule has 0 saturated heterocycles. The Balaban J connectivity index is 3.17. The molecule has 0 spiro atoms. The van der Waals surface area contributed by atoms with Crippen LogP contribution in [0.3, 0.4) is 0 Å². The number of para-hydroxylation sites is 1. The third-order valence-electron chi connectivity index (χ3n) is 2.83. The van der Waals surface area contributed by atoms with Crippen LogP contribution in [0.1, 0.15) is 50.7 Å². The summed E-state index contributed by atoms with van der Waals surface area (Å²) in [7, 11) is -4.57. The molecular formula is C13H20N2O4S. The van der Waals surface area contributed by atoms with Crippen LogP contribution in [0.4, 0.5) is 10.5 Å². The highest BCUT2D eigenvalue weighted by Gasteiger charge is 2.17. The van der Waals surface area contributed by atoms with Gasteiger partial charge in [-0.3, -0.25) is 4.55 Å². The number of hydrogen-bond donors (Lipinski definition) is 3. The molecule has 0 aliphatic carbocycles. The highest BCUT2D eigenvalue weighted by molar-refractivity contribution is 7.84. The van der Waals surface area contributed by atoms with Crippen molar-refractivity contribution in [2.24, 2.45) is 0 Å². The topological polar surface area (TPSA) is 95.5 Å². The van der Waals surface area contributed by atoms with Gasteiger partial charge >= 0.3 is 16.3 Å². The van der Waals surface area contributed by atoms with Crippen LogP contribution in [0.5, 0.6) is 0 Å². The lowest BCUT2D eigenvalue weighted by Gasteiger charge is -2.19. The summed E-state index contributed by atoms with van der Waals surface area (Å²) in [5.41, 5.74) is 2.39. The molecule has 2 amide bonds. The molecule has 0 bridgehead atoms. The van der Waals surface area contributed by atoms with Crippen molar-refractivity contribution in [3.63, 3.8) is 0 Å². The minimum atomic E-state index is -4.57. The van der Waals surface area contributed by atoms with Crippen LogP contribution in [0.15, 0.2) is 18.2 Å².